The van der Waals surface area contributed by atoms with Crippen LogP contribution in [0, 0.1) is 0 Å². The SMILES string of the molecule is C=C1O[C@H](COCc2ccccc2)[C@@H](OCc2ccccc2)[C@H](OCc2ccccc2)[C@@H]1F. The van der Waals surface area contributed by atoms with Crippen molar-refractivity contribution >= 4 is 0 Å². The smallest absolute Gasteiger partial charge is 0.185 e. The zero-order valence-electron chi connectivity index (χ0n) is 18.5. The quantitative estimate of drug-likeness (QED) is 0.403. The van der Waals surface area contributed by atoms with E-state index in [1.54, 1.807) is 0 Å². The largest absolute Gasteiger partial charge is 0.487 e. The molecule has 1 fully saturated rings. The van der Waals surface area contributed by atoms with E-state index in [1.807, 2.05) is 91.0 Å². The lowest BCUT2D eigenvalue weighted by Crippen LogP contribution is -2.54. The Morgan fingerprint density at radius 3 is 1.64 bits per heavy atom. The van der Waals surface area contributed by atoms with E-state index in [0.29, 0.717) is 13.2 Å². The standard InChI is InChI=1S/C28H29FO4/c1-21-26(29)28(32-19-24-15-9-4-10-16-24)27(31-18-23-13-7-3-8-14-23)25(33-21)20-30-17-22-11-5-2-6-12-22/h2-16,25-28H,1,17-20H2/t25-,26-,27-,28-/m1/s1. The van der Waals surface area contributed by atoms with Crippen LogP contribution in [0.4, 0.5) is 4.39 Å². The van der Waals surface area contributed by atoms with Gasteiger partial charge in [0.1, 0.15) is 18.0 Å². The number of benzene rings is 3. The molecule has 1 aliphatic rings. The third kappa shape index (κ3) is 6.51. The minimum Gasteiger partial charge on any atom is -0.487 e. The lowest BCUT2D eigenvalue weighted by atomic mass is 9.98. The van der Waals surface area contributed by atoms with E-state index in [-0.39, 0.29) is 19.0 Å². The molecule has 4 nitrogen and oxygen atoms in total. The van der Waals surface area contributed by atoms with Crippen LogP contribution in [0.5, 0.6) is 0 Å². The molecule has 3 aromatic rings. The molecular weight excluding hydrogens is 419 g/mol. The zero-order chi connectivity index (χ0) is 22.9. The summed E-state index contributed by atoms with van der Waals surface area (Å²) < 4.78 is 39.2. The molecule has 0 spiro atoms. The second-order valence-corrected chi connectivity index (χ2v) is 8.05. The number of halogens is 1. The number of hydrogen-bond acceptors (Lipinski definition) is 4. The second-order valence-electron chi connectivity index (χ2n) is 8.05. The molecule has 0 saturated carbocycles. The highest BCUT2D eigenvalue weighted by Crippen LogP contribution is 2.31. The minimum absolute atomic E-state index is 0.0425. The molecule has 172 valence electrons. The molecule has 3 aromatic carbocycles. The molecule has 33 heavy (non-hydrogen) atoms. The van der Waals surface area contributed by atoms with Gasteiger partial charge in [0.15, 0.2) is 12.3 Å². The van der Waals surface area contributed by atoms with E-state index in [2.05, 4.69) is 6.58 Å². The van der Waals surface area contributed by atoms with Gasteiger partial charge < -0.3 is 18.9 Å². The molecular formula is C28H29FO4. The van der Waals surface area contributed by atoms with Gasteiger partial charge in [0.2, 0.25) is 0 Å². The first-order valence-corrected chi connectivity index (χ1v) is 11.1. The van der Waals surface area contributed by atoms with Gasteiger partial charge in [-0.05, 0) is 16.7 Å². The van der Waals surface area contributed by atoms with Crippen LogP contribution < -0.4 is 0 Å². The number of alkyl halides is 1. The molecule has 0 unspecified atom stereocenters. The molecule has 4 rings (SSSR count). The van der Waals surface area contributed by atoms with Gasteiger partial charge in [0.05, 0.1) is 26.4 Å². The predicted octanol–water partition coefficient (Wildman–Crippen LogP) is 5.62. The number of rotatable bonds is 10. The molecule has 1 aliphatic heterocycles. The molecule has 1 heterocycles. The summed E-state index contributed by atoms with van der Waals surface area (Å²) in [6.45, 7) is 5.01. The van der Waals surface area contributed by atoms with E-state index in [9.17, 15) is 0 Å². The van der Waals surface area contributed by atoms with Gasteiger partial charge in [-0.2, -0.15) is 0 Å². The molecule has 0 N–H and O–H groups in total. The Hall–Kier alpha value is -2.99. The van der Waals surface area contributed by atoms with Crippen molar-refractivity contribution in [1.29, 1.82) is 0 Å². The summed E-state index contributed by atoms with van der Waals surface area (Å²) in [5.41, 5.74) is 3.00. The van der Waals surface area contributed by atoms with Gasteiger partial charge in [-0.3, -0.25) is 0 Å². The molecule has 0 radical (unpaired) electrons. The van der Waals surface area contributed by atoms with Crippen LogP contribution in [-0.2, 0) is 38.8 Å². The van der Waals surface area contributed by atoms with Crippen LogP contribution >= 0.6 is 0 Å². The van der Waals surface area contributed by atoms with E-state index >= 15 is 4.39 Å². The van der Waals surface area contributed by atoms with Gasteiger partial charge >= 0.3 is 0 Å². The van der Waals surface area contributed by atoms with Crippen LogP contribution in [0.15, 0.2) is 103 Å². The Morgan fingerprint density at radius 1 is 0.667 bits per heavy atom. The van der Waals surface area contributed by atoms with Gasteiger partial charge in [0.25, 0.3) is 0 Å². The maximum absolute atomic E-state index is 15.2. The normalized spacial score (nSPS) is 22.6. The van der Waals surface area contributed by atoms with E-state index < -0.39 is 24.5 Å². The summed E-state index contributed by atoms with van der Waals surface area (Å²) >= 11 is 0. The highest BCUT2D eigenvalue weighted by atomic mass is 19.1. The summed E-state index contributed by atoms with van der Waals surface area (Å²) in [6, 6.07) is 29.3. The average Bonchev–Trinajstić information content (AvgIpc) is 2.86. The molecule has 0 aromatic heterocycles. The van der Waals surface area contributed by atoms with E-state index in [0.717, 1.165) is 16.7 Å². The van der Waals surface area contributed by atoms with Crippen molar-refractivity contribution in [3.63, 3.8) is 0 Å². The predicted molar refractivity (Wildman–Crippen MR) is 125 cm³/mol. The maximum Gasteiger partial charge on any atom is 0.185 e. The molecule has 0 amide bonds. The molecule has 0 bridgehead atoms. The summed E-state index contributed by atoms with van der Waals surface area (Å²) in [7, 11) is 0. The van der Waals surface area contributed by atoms with E-state index in [4.69, 9.17) is 18.9 Å². The molecule has 0 aliphatic carbocycles. The molecule has 1 saturated heterocycles. The van der Waals surface area contributed by atoms with Crippen LogP contribution in [-0.4, -0.2) is 31.1 Å². The van der Waals surface area contributed by atoms with Crippen LogP contribution in [0.25, 0.3) is 0 Å². The summed E-state index contributed by atoms with van der Waals surface area (Å²) in [4.78, 5) is 0. The second kappa shape index (κ2) is 11.8. The van der Waals surface area contributed by atoms with Gasteiger partial charge in [0, 0.05) is 0 Å². The monoisotopic (exact) mass is 448 g/mol. The zero-order valence-corrected chi connectivity index (χ0v) is 18.5. The highest BCUT2D eigenvalue weighted by molar-refractivity contribution is 5.16. The lowest BCUT2D eigenvalue weighted by Gasteiger charge is -2.40. The third-order valence-corrected chi connectivity index (χ3v) is 5.55. The third-order valence-electron chi connectivity index (χ3n) is 5.55. The Labute approximate surface area is 194 Å². The Balaban J connectivity index is 1.46. The lowest BCUT2D eigenvalue weighted by molar-refractivity contribution is -0.199. The average molecular weight is 449 g/mol. The van der Waals surface area contributed by atoms with Gasteiger partial charge in [-0.15, -0.1) is 0 Å². The van der Waals surface area contributed by atoms with Crippen LogP contribution in [0.2, 0.25) is 0 Å². The first-order chi connectivity index (χ1) is 16.2. The van der Waals surface area contributed by atoms with Crippen molar-refractivity contribution in [2.75, 3.05) is 6.61 Å². The minimum atomic E-state index is -1.50. The van der Waals surface area contributed by atoms with Gasteiger partial charge in [-0.25, -0.2) is 4.39 Å². The van der Waals surface area contributed by atoms with Crippen LogP contribution in [0.3, 0.4) is 0 Å². The van der Waals surface area contributed by atoms with Crippen molar-refractivity contribution in [3.05, 3.63) is 120 Å². The number of hydrogen-bond donors (Lipinski definition) is 0. The highest BCUT2D eigenvalue weighted by Gasteiger charge is 2.45. The first-order valence-electron chi connectivity index (χ1n) is 11.1. The van der Waals surface area contributed by atoms with Crippen molar-refractivity contribution in [1.82, 2.24) is 0 Å². The summed E-state index contributed by atoms with van der Waals surface area (Å²) in [5.74, 6) is 0.0425. The summed E-state index contributed by atoms with van der Waals surface area (Å²) in [5, 5.41) is 0. The molecule has 5 heteroatoms. The Kier molecular flexibility index (Phi) is 8.25. The topological polar surface area (TPSA) is 36.9 Å². The molecule has 4 atom stereocenters. The van der Waals surface area contributed by atoms with Crippen molar-refractivity contribution in [2.45, 2.75) is 44.3 Å². The number of ether oxygens (including phenoxy) is 4. The Bertz CT molecular complexity index is 981. The van der Waals surface area contributed by atoms with Gasteiger partial charge in [-0.1, -0.05) is 97.6 Å². The summed E-state index contributed by atoms with van der Waals surface area (Å²) in [6.07, 6.45) is -3.57. The van der Waals surface area contributed by atoms with Crippen molar-refractivity contribution in [3.8, 4) is 0 Å². The van der Waals surface area contributed by atoms with Crippen molar-refractivity contribution < 1.29 is 23.3 Å². The van der Waals surface area contributed by atoms with Crippen molar-refractivity contribution in [2.24, 2.45) is 0 Å². The first kappa shape index (κ1) is 23.2. The fourth-order valence-corrected chi connectivity index (χ4v) is 3.80. The maximum atomic E-state index is 15.2. The fourth-order valence-electron chi connectivity index (χ4n) is 3.80. The van der Waals surface area contributed by atoms with E-state index in [1.165, 1.54) is 0 Å². The van der Waals surface area contributed by atoms with Crippen LogP contribution in [0.1, 0.15) is 16.7 Å². The Morgan fingerprint density at radius 2 is 1.12 bits per heavy atom. The fraction of sp³-hybridized carbons (Fsp3) is 0.286.